The van der Waals surface area contributed by atoms with Crippen LogP contribution in [0.1, 0.15) is 6.92 Å². The zero-order valence-corrected chi connectivity index (χ0v) is 9.85. The molecule has 0 aromatic heterocycles. The Balaban J connectivity index is 0. The highest BCUT2D eigenvalue weighted by atomic mass is 32.2. The van der Waals surface area contributed by atoms with E-state index >= 15 is 0 Å². The van der Waals surface area contributed by atoms with Crippen molar-refractivity contribution in [3.8, 4) is 5.81 Å². The lowest BCUT2D eigenvalue weighted by Gasteiger charge is -2.11. The van der Waals surface area contributed by atoms with Crippen molar-refractivity contribution in [2.75, 3.05) is 25.4 Å². The lowest BCUT2D eigenvalue weighted by molar-refractivity contribution is -0.193. The van der Waals surface area contributed by atoms with E-state index < -0.39 is 17.5 Å². The van der Waals surface area contributed by atoms with Crippen LogP contribution in [0.5, 0.6) is 0 Å². The summed E-state index contributed by atoms with van der Waals surface area (Å²) in [7, 11) is -5.53. The van der Waals surface area contributed by atoms with Crippen LogP contribution in [0.25, 0.3) is 0 Å². The van der Waals surface area contributed by atoms with Crippen molar-refractivity contribution in [2.45, 2.75) is 6.92 Å². The molecule has 5 nitrogen and oxygen atoms in total. The highest BCUT2D eigenvalue weighted by Gasteiger charge is 2.01. The fourth-order valence-electron chi connectivity index (χ4n) is 0.199. The second-order valence-corrected chi connectivity index (χ2v) is 7.64. The molecule has 13 heavy (non-hydrogen) atoms. The van der Waals surface area contributed by atoms with Gasteiger partial charge < -0.3 is 9.42 Å². The summed E-state index contributed by atoms with van der Waals surface area (Å²) in [5, 5.41) is 7.77. The summed E-state index contributed by atoms with van der Waals surface area (Å²) in [6, 6.07) is 0. The van der Waals surface area contributed by atoms with Crippen molar-refractivity contribution >= 4 is 17.5 Å². The minimum Gasteiger partial charge on any atom is -0.767 e. The minimum absolute atomic E-state index is 0.0222. The van der Waals surface area contributed by atoms with Gasteiger partial charge in [-0.1, -0.05) is 0 Å². The van der Waals surface area contributed by atoms with E-state index in [9.17, 15) is 13.7 Å². The second kappa shape index (κ2) is 6.28. The van der Waals surface area contributed by atoms with Crippen LogP contribution in [0, 0.1) is 11.1 Å². The molecule has 0 saturated heterocycles. The Labute approximate surface area is 79.7 Å². The van der Waals surface area contributed by atoms with Crippen molar-refractivity contribution < 1.29 is 18.2 Å². The van der Waals surface area contributed by atoms with Crippen LogP contribution in [0.4, 0.5) is 0 Å². The van der Waals surface area contributed by atoms with E-state index in [1.54, 1.807) is 18.8 Å². The normalized spacial score (nSPS) is 14.8. The molecular formula is C6H14NO4PS. The fourth-order valence-corrected chi connectivity index (χ4v) is 0.596. The molecule has 0 aromatic rings. The summed E-state index contributed by atoms with van der Waals surface area (Å²) in [6.07, 6.45) is 5.15. The Hall–Kier alpha value is -0.210. The summed E-state index contributed by atoms with van der Waals surface area (Å²) in [6.45, 7) is 1.52. The Morgan fingerprint density at radius 2 is 1.85 bits per heavy atom. The lowest BCUT2D eigenvalue weighted by atomic mass is 10.9. The molecule has 0 aliphatic heterocycles. The smallest absolute Gasteiger partial charge is 0.235 e. The monoisotopic (exact) mass is 227 g/mol. The standard InChI is InChI=1S/C3H6NO3P.C3H9OS/c1-2-7-8(5,6)3-4;1-5(2,3)4/h2H2,1H3,(H,5,6);1-3H3/q;+1/p-1. The molecule has 0 aliphatic carbocycles. The zero-order chi connectivity index (χ0) is 11.1. The summed E-state index contributed by atoms with van der Waals surface area (Å²) < 4.78 is 24.2. The molecule has 1 unspecified atom stereocenters. The van der Waals surface area contributed by atoms with Gasteiger partial charge >= 0.3 is 0 Å². The van der Waals surface area contributed by atoms with Crippen LogP contribution in [0.3, 0.4) is 0 Å². The minimum atomic E-state index is -4.12. The molecule has 78 valence electrons. The third-order valence-corrected chi connectivity index (χ3v) is 1.26. The van der Waals surface area contributed by atoms with E-state index in [1.165, 1.54) is 6.92 Å². The molecule has 0 radical (unpaired) electrons. The number of hydrogen-bond donors (Lipinski definition) is 0. The first kappa shape index (κ1) is 15.3. The van der Waals surface area contributed by atoms with E-state index in [-0.39, 0.29) is 6.61 Å². The molecule has 0 aliphatic rings. The maximum Gasteiger partial charge on any atom is 0.235 e. The summed E-state index contributed by atoms with van der Waals surface area (Å²) in [4.78, 5) is 10.0. The highest BCUT2D eigenvalue weighted by molar-refractivity contribution is 8.00. The molecule has 0 rings (SSSR count). The van der Waals surface area contributed by atoms with Crippen molar-refractivity contribution in [1.29, 1.82) is 5.26 Å². The average Bonchev–Trinajstić information content (AvgIpc) is 1.84. The summed E-state index contributed by atoms with van der Waals surface area (Å²) in [5.74, 6) is 1.02. The molecular weight excluding hydrogens is 213 g/mol. The zero-order valence-electron chi connectivity index (χ0n) is 8.14. The first-order valence-corrected chi connectivity index (χ1v) is 7.71. The largest absolute Gasteiger partial charge is 0.767 e. The van der Waals surface area contributed by atoms with Gasteiger partial charge in [0.05, 0.1) is 16.5 Å². The topological polar surface area (TPSA) is 90.2 Å². The Morgan fingerprint density at radius 1 is 1.54 bits per heavy atom. The molecule has 0 amide bonds. The molecule has 0 saturated carbocycles. The van der Waals surface area contributed by atoms with Crippen LogP contribution >= 0.6 is 7.60 Å². The third-order valence-electron chi connectivity index (χ3n) is 0.422. The first-order chi connectivity index (χ1) is 5.62. The fraction of sp³-hybridized carbons (Fsp3) is 0.833. The average molecular weight is 227 g/mol. The van der Waals surface area contributed by atoms with Gasteiger partial charge in [0, 0.05) is 0 Å². The van der Waals surface area contributed by atoms with Gasteiger partial charge in [-0.25, -0.2) is 0 Å². The molecule has 0 N–H and O–H groups in total. The van der Waals surface area contributed by atoms with Crippen molar-refractivity contribution in [3.63, 3.8) is 0 Å². The van der Waals surface area contributed by atoms with Gasteiger partial charge in [-0.2, -0.15) is 5.26 Å². The highest BCUT2D eigenvalue weighted by Crippen LogP contribution is 2.33. The summed E-state index contributed by atoms with van der Waals surface area (Å²) in [5.41, 5.74) is 0. The maximum atomic E-state index is 10.2. The van der Waals surface area contributed by atoms with E-state index in [2.05, 4.69) is 4.52 Å². The van der Waals surface area contributed by atoms with Crippen molar-refractivity contribution in [2.24, 2.45) is 0 Å². The lowest BCUT2D eigenvalue weighted by Crippen LogP contribution is -2.01. The Bertz CT molecular complexity index is 258. The predicted octanol–water partition coefficient (Wildman–Crippen LogP) is 0.433. The molecule has 7 heteroatoms. The molecule has 0 fully saturated rings. The van der Waals surface area contributed by atoms with Crippen LogP contribution in [-0.4, -0.2) is 25.4 Å². The SMILES string of the molecule is CCOP(=O)([O-])C#N.C[S+](C)(C)=O. The summed E-state index contributed by atoms with van der Waals surface area (Å²) >= 11 is 0. The number of nitriles is 1. The van der Waals surface area contributed by atoms with Gasteiger partial charge in [0.1, 0.15) is 24.6 Å². The molecule has 0 spiro atoms. The quantitative estimate of drug-likeness (QED) is 0.504. The number of hydrogen-bond acceptors (Lipinski definition) is 5. The van der Waals surface area contributed by atoms with E-state index in [0.717, 1.165) is 5.81 Å². The van der Waals surface area contributed by atoms with Gasteiger partial charge in [-0.15, -0.1) is 4.21 Å². The van der Waals surface area contributed by atoms with E-state index in [0.29, 0.717) is 0 Å². The predicted molar refractivity (Wildman–Crippen MR) is 50.7 cm³/mol. The maximum absolute atomic E-state index is 10.2. The van der Waals surface area contributed by atoms with Crippen LogP contribution < -0.4 is 4.89 Å². The van der Waals surface area contributed by atoms with Crippen LogP contribution in [0.15, 0.2) is 0 Å². The number of rotatable bonds is 2. The Morgan fingerprint density at radius 3 is 1.92 bits per heavy atom. The van der Waals surface area contributed by atoms with Crippen LogP contribution in [-0.2, 0) is 23.2 Å². The van der Waals surface area contributed by atoms with E-state index in [4.69, 9.17) is 5.26 Å². The second-order valence-electron chi connectivity index (χ2n) is 2.74. The third kappa shape index (κ3) is 24.5. The van der Waals surface area contributed by atoms with Gasteiger partial charge in [0.25, 0.3) is 0 Å². The van der Waals surface area contributed by atoms with Gasteiger partial charge in [-0.3, -0.25) is 4.57 Å². The number of nitrogens with zero attached hydrogens (tertiary/aromatic N) is 1. The molecule has 0 bridgehead atoms. The van der Waals surface area contributed by atoms with Crippen LogP contribution in [0.2, 0.25) is 0 Å². The van der Waals surface area contributed by atoms with E-state index in [1.807, 2.05) is 0 Å². The van der Waals surface area contributed by atoms with Crippen molar-refractivity contribution in [1.82, 2.24) is 0 Å². The van der Waals surface area contributed by atoms with Gasteiger partial charge in [0.2, 0.25) is 7.60 Å². The first-order valence-electron chi connectivity index (χ1n) is 3.38. The van der Waals surface area contributed by atoms with Gasteiger partial charge in [0.15, 0.2) is 0 Å². The van der Waals surface area contributed by atoms with Gasteiger partial charge in [-0.05, 0) is 6.92 Å². The molecule has 0 heterocycles. The molecule has 0 aromatic carbocycles. The Kier molecular flexibility index (Phi) is 7.37. The van der Waals surface area contributed by atoms with Crippen molar-refractivity contribution in [3.05, 3.63) is 0 Å². The molecule has 1 atom stereocenters.